The maximum absolute atomic E-state index is 12.9. The van der Waals surface area contributed by atoms with Crippen LogP contribution in [0.3, 0.4) is 0 Å². The van der Waals surface area contributed by atoms with Gasteiger partial charge in [-0.25, -0.2) is 4.68 Å². The molecule has 7 nitrogen and oxygen atoms in total. The molecular formula is C23H20N6OS. The Balaban J connectivity index is 1.43. The van der Waals surface area contributed by atoms with Gasteiger partial charge in [0.15, 0.2) is 5.69 Å². The molecule has 0 amide bonds. The van der Waals surface area contributed by atoms with Gasteiger partial charge in [-0.05, 0) is 38.0 Å². The number of aromatic nitrogens is 6. The van der Waals surface area contributed by atoms with E-state index >= 15 is 0 Å². The first kappa shape index (κ1) is 19.3. The van der Waals surface area contributed by atoms with Crippen molar-refractivity contribution in [1.29, 1.82) is 0 Å². The molecule has 0 unspecified atom stereocenters. The summed E-state index contributed by atoms with van der Waals surface area (Å²) in [7, 11) is 0. The number of rotatable bonds is 5. The van der Waals surface area contributed by atoms with E-state index in [-0.39, 0.29) is 5.56 Å². The van der Waals surface area contributed by atoms with Gasteiger partial charge in [-0.1, -0.05) is 59.9 Å². The fraction of sp³-hybridized carbons (Fsp3) is 0.174. The van der Waals surface area contributed by atoms with E-state index in [9.17, 15) is 4.79 Å². The lowest BCUT2D eigenvalue weighted by Crippen LogP contribution is -2.19. The highest BCUT2D eigenvalue weighted by molar-refractivity contribution is 7.16. The molecule has 0 N–H and O–H groups in total. The van der Waals surface area contributed by atoms with Gasteiger partial charge in [-0.3, -0.25) is 4.79 Å². The summed E-state index contributed by atoms with van der Waals surface area (Å²) in [6.07, 6.45) is 1.49. The standard InChI is InChI=1S/C23H20N6OS/c1-15-19(16(2)28(26-15)18-11-7-4-8-12-18)13-14-20-27-29-22(30)21(24-25-23(29)31-20)17-9-5-3-6-10-17/h3-12H,13-14H2,1-2H3. The zero-order valence-electron chi connectivity index (χ0n) is 17.2. The highest BCUT2D eigenvalue weighted by Crippen LogP contribution is 2.21. The van der Waals surface area contributed by atoms with Crippen molar-refractivity contribution in [2.75, 3.05) is 0 Å². The van der Waals surface area contributed by atoms with Gasteiger partial charge in [0.05, 0.1) is 11.4 Å². The first-order chi connectivity index (χ1) is 15.1. The first-order valence-corrected chi connectivity index (χ1v) is 10.8. The van der Waals surface area contributed by atoms with Gasteiger partial charge in [0, 0.05) is 17.7 Å². The number of hydrogen-bond donors (Lipinski definition) is 0. The van der Waals surface area contributed by atoms with Crippen molar-refractivity contribution in [1.82, 2.24) is 29.6 Å². The molecular weight excluding hydrogens is 408 g/mol. The SMILES string of the molecule is Cc1nn(-c2ccccc2)c(C)c1CCc1nn2c(=O)c(-c3ccccc3)nnc2s1. The number of fused-ring (bicyclic) bond motifs is 1. The van der Waals surface area contributed by atoms with Crippen LogP contribution in [-0.2, 0) is 12.8 Å². The summed E-state index contributed by atoms with van der Waals surface area (Å²) in [5.41, 5.74) is 5.17. The van der Waals surface area contributed by atoms with Crippen molar-refractivity contribution in [3.05, 3.63) is 93.0 Å². The smallest absolute Gasteiger partial charge is 0.265 e. The van der Waals surface area contributed by atoms with E-state index in [0.717, 1.165) is 34.1 Å². The number of aryl methyl sites for hydroxylation is 2. The lowest BCUT2D eigenvalue weighted by molar-refractivity contribution is 0.810. The van der Waals surface area contributed by atoms with Crippen molar-refractivity contribution < 1.29 is 0 Å². The van der Waals surface area contributed by atoms with E-state index in [1.165, 1.54) is 21.4 Å². The molecule has 0 aliphatic carbocycles. The van der Waals surface area contributed by atoms with Gasteiger partial charge in [0.25, 0.3) is 0 Å². The van der Waals surface area contributed by atoms with E-state index in [0.29, 0.717) is 17.1 Å². The van der Waals surface area contributed by atoms with Crippen molar-refractivity contribution >= 4 is 16.3 Å². The Morgan fingerprint density at radius 3 is 2.32 bits per heavy atom. The Kier molecular flexibility index (Phi) is 4.91. The summed E-state index contributed by atoms with van der Waals surface area (Å²) >= 11 is 1.40. The second-order valence-corrected chi connectivity index (χ2v) is 8.35. The monoisotopic (exact) mass is 428 g/mol. The minimum atomic E-state index is -0.247. The molecule has 0 aliphatic heterocycles. The van der Waals surface area contributed by atoms with Gasteiger partial charge < -0.3 is 0 Å². The summed E-state index contributed by atoms with van der Waals surface area (Å²) in [4.78, 5) is 13.4. The first-order valence-electron chi connectivity index (χ1n) is 10.0. The van der Waals surface area contributed by atoms with Gasteiger partial charge in [-0.2, -0.15) is 14.7 Å². The normalized spacial score (nSPS) is 11.3. The summed E-state index contributed by atoms with van der Waals surface area (Å²) in [5, 5.41) is 18.5. The fourth-order valence-electron chi connectivity index (χ4n) is 3.72. The molecule has 3 heterocycles. The maximum atomic E-state index is 12.9. The van der Waals surface area contributed by atoms with Crippen LogP contribution in [0, 0.1) is 13.8 Å². The molecule has 154 valence electrons. The molecule has 0 bridgehead atoms. The lowest BCUT2D eigenvalue weighted by atomic mass is 10.1. The molecule has 31 heavy (non-hydrogen) atoms. The number of para-hydroxylation sites is 1. The Labute approximate surface area is 182 Å². The molecule has 8 heteroatoms. The third-order valence-corrected chi connectivity index (χ3v) is 6.27. The Morgan fingerprint density at radius 1 is 0.871 bits per heavy atom. The minimum absolute atomic E-state index is 0.247. The molecule has 0 saturated carbocycles. The van der Waals surface area contributed by atoms with E-state index in [4.69, 9.17) is 5.10 Å². The molecule has 0 fully saturated rings. The largest absolute Gasteiger partial charge is 0.302 e. The van der Waals surface area contributed by atoms with Gasteiger partial charge in [0.1, 0.15) is 5.01 Å². The van der Waals surface area contributed by atoms with E-state index in [1.54, 1.807) is 0 Å². The van der Waals surface area contributed by atoms with Crippen molar-refractivity contribution in [3.63, 3.8) is 0 Å². The Hall–Kier alpha value is -3.65. The van der Waals surface area contributed by atoms with Crippen LogP contribution in [0.25, 0.3) is 21.9 Å². The number of hydrogen-bond acceptors (Lipinski definition) is 6. The molecule has 2 aromatic carbocycles. The average Bonchev–Trinajstić information content (AvgIpc) is 3.34. The zero-order valence-corrected chi connectivity index (χ0v) is 18.0. The highest BCUT2D eigenvalue weighted by atomic mass is 32.1. The van der Waals surface area contributed by atoms with Crippen LogP contribution in [0.4, 0.5) is 0 Å². The topological polar surface area (TPSA) is 78.0 Å². The molecule has 5 aromatic rings. The maximum Gasteiger partial charge on any atom is 0.302 e. The van der Waals surface area contributed by atoms with Gasteiger partial charge >= 0.3 is 5.56 Å². The molecule has 3 aromatic heterocycles. The van der Waals surface area contributed by atoms with Crippen molar-refractivity contribution in [2.24, 2.45) is 0 Å². The van der Waals surface area contributed by atoms with Crippen LogP contribution in [-0.4, -0.2) is 29.6 Å². The number of benzene rings is 2. The molecule has 0 spiro atoms. The molecule has 0 aliphatic rings. The molecule has 0 saturated heterocycles. The van der Waals surface area contributed by atoms with Crippen molar-refractivity contribution in [3.8, 4) is 16.9 Å². The average molecular weight is 429 g/mol. The fourth-order valence-corrected chi connectivity index (χ4v) is 4.55. The summed E-state index contributed by atoms with van der Waals surface area (Å²) < 4.78 is 3.34. The quantitative estimate of drug-likeness (QED) is 0.425. The van der Waals surface area contributed by atoms with E-state index < -0.39 is 0 Å². The third-order valence-electron chi connectivity index (χ3n) is 5.31. The van der Waals surface area contributed by atoms with Gasteiger partial charge in [0.2, 0.25) is 4.96 Å². The van der Waals surface area contributed by atoms with Gasteiger partial charge in [-0.15, -0.1) is 10.2 Å². The third kappa shape index (κ3) is 3.55. The van der Waals surface area contributed by atoms with Crippen LogP contribution in [0.15, 0.2) is 65.5 Å². The van der Waals surface area contributed by atoms with Crippen molar-refractivity contribution in [2.45, 2.75) is 26.7 Å². The predicted octanol–water partition coefficient (Wildman–Crippen LogP) is 3.80. The van der Waals surface area contributed by atoms with E-state index in [1.807, 2.05) is 72.3 Å². The summed E-state index contributed by atoms with van der Waals surface area (Å²) in [6, 6.07) is 19.5. The molecule has 0 atom stereocenters. The van der Waals surface area contributed by atoms with Crippen LogP contribution in [0.5, 0.6) is 0 Å². The molecule has 0 radical (unpaired) electrons. The Morgan fingerprint density at radius 2 is 1.58 bits per heavy atom. The van der Waals surface area contributed by atoms with Crippen LogP contribution < -0.4 is 5.56 Å². The molecule has 5 rings (SSSR count). The van der Waals surface area contributed by atoms with Crippen LogP contribution in [0.2, 0.25) is 0 Å². The Bertz CT molecular complexity index is 1420. The van der Waals surface area contributed by atoms with Crippen LogP contribution >= 0.6 is 11.3 Å². The number of nitrogens with zero attached hydrogens (tertiary/aromatic N) is 6. The summed E-state index contributed by atoms with van der Waals surface area (Å²) in [5.74, 6) is 0. The second kappa shape index (κ2) is 7.88. The minimum Gasteiger partial charge on any atom is -0.265 e. The summed E-state index contributed by atoms with van der Waals surface area (Å²) in [6.45, 7) is 4.12. The van der Waals surface area contributed by atoms with Crippen LogP contribution in [0.1, 0.15) is 22.0 Å². The zero-order chi connectivity index (χ0) is 21.4. The predicted molar refractivity (Wildman–Crippen MR) is 121 cm³/mol. The lowest BCUT2D eigenvalue weighted by Gasteiger charge is -2.04. The highest BCUT2D eigenvalue weighted by Gasteiger charge is 2.16. The van der Waals surface area contributed by atoms with E-state index in [2.05, 4.69) is 22.2 Å². The second-order valence-electron chi connectivity index (χ2n) is 7.31.